The molecule has 0 aromatic heterocycles. The van der Waals surface area contributed by atoms with Gasteiger partial charge in [-0.1, -0.05) is 52.0 Å². The van der Waals surface area contributed by atoms with Crippen molar-refractivity contribution in [3.8, 4) is 11.5 Å². The van der Waals surface area contributed by atoms with Gasteiger partial charge in [-0.05, 0) is 48.2 Å². The third kappa shape index (κ3) is 8.46. The average molecular weight is 491 g/mol. The third-order valence-electron chi connectivity index (χ3n) is 6.18. The number of hydrogen-bond donors (Lipinski definition) is 2. The zero-order valence-corrected chi connectivity index (χ0v) is 22.3. The molecule has 1 fully saturated rings. The Balaban J connectivity index is 0.00000199. The van der Waals surface area contributed by atoms with Gasteiger partial charge in [0.2, 0.25) is 0 Å². The number of piperazine rings is 1. The molecule has 190 valence electrons. The molecule has 0 radical (unpaired) electrons. The molecular formula is C28H43ClN2O3. The van der Waals surface area contributed by atoms with Crippen molar-refractivity contribution in [2.45, 2.75) is 52.6 Å². The number of benzene rings is 2. The molecule has 2 aromatic carbocycles. The normalized spacial score (nSPS) is 15.3. The lowest BCUT2D eigenvalue weighted by molar-refractivity contribution is 0.125. The number of hydrogen-bond acceptors (Lipinski definition) is 5. The van der Waals surface area contributed by atoms with Crippen molar-refractivity contribution in [3.05, 3.63) is 59.2 Å². The summed E-state index contributed by atoms with van der Waals surface area (Å²) in [5, 5.41) is 13.0. The van der Waals surface area contributed by atoms with E-state index in [0.717, 1.165) is 62.8 Å². The number of aliphatic hydroxyl groups excluding tert-OH is 1. The van der Waals surface area contributed by atoms with Gasteiger partial charge in [0, 0.05) is 38.1 Å². The molecule has 5 nitrogen and oxygen atoms in total. The summed E-state index contributed by atoms with van der Waals surface area (Å²) in [7, 11) is 0. The molecule has 0 amide bonds. The summed E-state index contributed by atoms with van der Waals surface area (Å²) in [6.45, 7) is 16.9. The maximum absolute atomic E-state index is 9.62. The van der Waals surface area contributed by atoms with Gasteiger partial charge in [0.05, 0.1) is 12.5 Å². The molecule has 1 saturated heterocycles. The van der Waals surface area contributed by atoms with E-state index in [1.54, 1.807) is 0 Å². The van der Waals surface area contributed by atoms with Gasteiger partial charge in [0.1, 0.15) is 24.2 Å². The van der Waals surface area contributed by atoms with Crippen LogP contribution in [0.5, 0.6) is 11.5 Å². The highest BCUT2D eigenvalue weighted by Gasteiger charge is 2.24. The van der Waals surface area contributed by atoms with E-state index in [9.17, 15) is 5.11 Å². The Labute approximate surface area is 211 Å². The van der Waals surface area contributed by atoms with Gasteiger partial charge in [-0.3, -0.25) is 0 Å². The molecule has 0 aliphatic carbocycles. The summed E-state index contributed by atoms with van der Waals surface area (Å²) >= 11 is 5.65. The molecule has 0 saturated carbocycles. The Kier molecular flexibility index (Phi) is 12.2. The Morgan fingerprint density at radius 1 is 1.03 bits per heavy atom. The van der Waals surface area contributed by atoms with E-state index in [1.807, 2.05) is 26.8 Å². The molecule has 0 spiro atoms. The predicted octanol–water partition coefficient (Wildman–Crippen LogP) is 5.00. The van der Waals surface area contributed by atoms with Crippen LogP contribution in [0.4, 0.5) is 0 Å². The molecule has 1 unspecified atom stereocenters. The third-order valence-corrected chi connectivity index (χ3v) is 6.54. The van der Waals surface area contributed by atoms with Crippen LogP contribution >= 0.6 is 11.6 Å². The van der Waals surface area contributed by atoms with Crippen LogP contribution in [-0.4, -0.2) is 67.9 Å². The highest BCUT2D eigenvalue weighted by atomic mass is 35.5. The molecule has 0 bridgehead atoms. The van der Waals surface area contributed by atoms with Crippen molar-refractivity contribution >= 4 is 11.6 Å². The van der Waals surface area contributed by atoms with E-state index < -0.39 is 6.10 Å². The summed E-state index contributed by atoms with van der Waals surface area (Å²) < 4.78 is 11.7. The minimum atomic E-state index is -0.657. The Morgan fingerprint density at radius 2 is 1.68 bits per heavy atom. The molecule has 2 aromatic rings. The van der Waals surface area contributed by atoms with Gasteiger partial charge in [-0.15, -0.1) is 11.6 Å². The first-order valence-corrected chi connectivity index (χ1v) is 13.1. The quantitative estimate of drug-likeness (QED) is 0.343. The van der Waals surface area contributed by atoms with Crippen molar-refractivity contribution < 1.29 is 14.6 Å². The fourth-order valence-corrected chi connectivity index (χ4v) is 4.07. The molecule has 1 aliphatic rings. The second kappa shape index (κ2) is 14.6. The second-order valence-corrected chi connectivity index (χ2v) is 9.35. The van der Waals surface area contributed by atoms with E-state index in [2.05, 4.69) is 60.5 Å². The van der Waals surface area contributed by atoms with Crippen LogP contribution in [0.1, 0.15) is 50.8 Å². The fourth-order valence-electron chi connectivity index (χ4n) is 3.98. The van der Waals surface area contributed by atoms with Crippen molar-refractivity contribution in [3.63, 3.8) is 0 Å². The summed E-state index contributed by atoms with van der Waals surface area (Å²) in [4.78, 5) is 2.49. The maximum atomic E-state index is 9.62. The molecule has 6 heteroatoms. The standard InChI is InChI=1S/C26H37ClN2O3.C2H6/c1-20-17-22(7-10-25(20)32-19-23(30)18-27)26(2,3)21-5-8-24(9-6-21)31-16-4-13-29-14-11-28-12-15-29;1-2/h5-10,17,23,28,30H,4,11-16,18-19H2,1-3H3;1-2H3. The van der Waals surface area contributed by atoms with Crippen LogP contribution in [0.2, 0.25) is 0 Å². The largest absolute Gasteiger partial charge is 0.494 e. The van der Waals surface area contributed by atoms with Crippen molar-refractivity contribution in [1.82, 2.24) is 10.2 Å². The minimum Gasteiger partial charge on any atom is -0.494 e. The van der Waals surface area contributed by atoms with Gasteiger partial charge >= 0.3 is 0 Å². The Morgan fingerprint density at radius 3 is 2.29 bits per heavy atom. The SMILES string of the molecule is CC.Cc1cc(C(C)(C)c2ccc(OCCCN3CCNCC3)cc2)ccc1OCC(O)CCl. The van der Waals surface area contributed by atoms with E-state index >= 15 is 0 Å². The highest BCUT2D eigenvalue weighted by molar-refractivity contribution is 6.18. The summed E-state index contributed by atoms with van der Waals surface area (Å²) in [6, 6.07) is 14.7. The predicted molar refractivity (Wildman–Crippen MR) is 143 cm³/mol. The summed E-state index contributed by atoms with van der Waals surface area (Å²) in [6.07, 6.45) is 0.387. The maximum Gasteiger partial charge on any atom is 0.122 e. The molecule has 2 N–H and O–H groups in total. The number of aryl methyl sites for hydroxylation is 1. The zero-order chi connectivity index (χ0) is 25.0. The molecule has 3 rings (SSSR count). The number of alkyl halides is 1. The van der Waals surface area contributed by atoms with Crippen LogP contribution in [0.3, 0.4) is 0 Å². The van der Waals surface area contributed by atoms with E-state index in [0.29, 0.717) is 0 Å². The van der Waals surface area contributed by atoms with Gasteiger partial charge in [-0.2, -0.15) is 0 Å². The molecule has 1 atom stereocenters. The Hall–Kier alpha value is -1.79. The molecule has 34 heavy (non-hydrogen) atoms. The zero-order valence-electron chi connectivity index (χ0n) is 21.6. The van der Waals surface area contributed by atoms with Crippen LogP contribution in [0.25, 0.3) is 0 Å². The molecule has 1 aliphatic heterocycles. The molecular weight excluding hydrogens is 448 g/mol. The van der Waals surface area contributed by atoms with Crippen LogP contribution in [0.15, 0.2) is 42.5 Å². The summed E-state index contributed by atoms with van der Waals surface area (Å²) in [5.74, 6) is 1.86. The van der Waals surface area contributed by atoms with Gasteiger partial charge in [0.15, 0.2) is 0 Å². The van der Waals surface area contributed by atoms with E-state index in [-0.39, 0.29) is 17.9 Å². The number of aliphatic hydroxyl groups is 1. The fraction of sp³-hybridized carbons (Fsp3) is 0.571. The lowest BCUT2D eigenvalue weighted by Gasteiger charge is -2.27. The topological polar surface area (TPSA) is 54.0 Å². The first-order chi connectivity index (χ1) is 16.4. The monoisotopic (exact) mass is 490 g/mol. The number of ether oxygens (including phenoxy) is 2. The number of nitrogens with zero attached hydrogens (tertiary/aromatic N) is 1. The molecule has 1 heterocycles. The van der Waals surface area contributed by atoms with Crippen molar-refractivity contribution in [2.24, 2.45) is 0 Å². The number of halogens is 1. The van der Waals surface area contributed by atoms with Crippen LogP contribution < -0.4 is 14.8 Å². The van der Waals surface area contributed by atoms with Gasteiger partial charge in [0.25, 0.3) is 0 Å². The Bertz CT molecular complexity index is 836. The van der Waals surface area contributed by atoms with Crippen LogP contribution in [-0.2, 0) is 5.41 Å². The smallest absolute Gasteiger partial charge is 0.122 e. The highest BCUT2D eigenvalue weighted by Crippen LogP contribution is 2.34. The van der Waals surface area contributed by atoms with Gasteiger partial charge in [-0.25, -0.2) is 0 Å². The first kappa shape index (κ1) is 28.4. The van der Waals surface area contributed by atoms with Crippen LogP contribution in [0, 0.1) is 6.92 Å². The van der Waals surface area contributed by atoms with Crippen molar-refractivity contribution in [1.29, 1.82) is 0 Å². The minimum absolute atomic E-state index is 0.153. The van der Waals surface area contributed by atoms with E-state index in [1.165, 1.54) is 11.1 Å². The average Bonchev–Trinajstić information content (AvgIpc) is 2.87. The van der Waals surface area contributed by atoms with Gasteiger partial charge < -0.3 is 24.8 Å². The number of rotatable bonds is 11. The first-order valence-electron chi connectivity index (χ1n) is 12.5. The number of nitrogens with one attached hydrogen (secondary N) is 1. The summed E-state index contributed by atoms with van der Waals surface area (Å²) in [5.41, 5.74) is 3.34. The van der Waals surface area contributed by atoms with E-state index in [4.69, 9.17) is 21.1 Å². The lowest BCUT2D eigenvalue weighted by atomic mass is 9.77. The second-order valence-electron chi connectivity index (χ2n) is 9.04. The lowest BCUT2D eigenvalue weighted by Crippen LogP contribution is -2.43. The van der Waals surface area contributed by atoms with Crippen molar-refractivity contribution in [2.75, 3.05) is 51.8 Å².